The van der Waals surface area contributed by atoms with Crippen LogP contribution in [0, 0.1) is 11.8 Å². The van der Waals surface area contributed by atoms with E-state index in [1.807, 2.05) is 0 Å². The Hall–Kier alpha value is 0.0200. The summed E-state index contributed by atoms with van der Waals surface area (Å²) in [6.07, 6.45) is 7.68. The van der Waals surface area contributed by atoms with Gasteiger partial charge in [0, 0.05) is 11.2 Å². The van der Waals surface area contributed by atoms with E-state index in [9.17, 15) is 4.79 Å². The van der Waals surface area contributed by atoms with Crippen molar-refractivity contribution < 1.29 is 4.79 Å². The molecule has 2 fully saturated rings. The SMILES string of the molecule is O=CC1CC2CCCCSC2C1. The second-order valence-corrected chi connectivity index (χ2v) is 5.38. The molecule has 2 heteroatoms. The first kappa shape index (κ1) is 8.61. The first-order chi connectivity index (χ1) is 5.90. The Labute approximate surface area is 78.3 Å². The van der Waals surface area contributed by atoms with Crippen molar-refractivity contribution in [2.24, 2.45) is 11.8 Å². The van der Waals surface area contributed by atoms with Crippen LogP contribution in [0.25, 0.3) is 0 Å². The lowest BCUT2D eigenvalue weighted by molar-refractivity contribution is -0.110. The zero-order chi connectivity index (χ0) is 8.39. The van der Waals surface area contributed by atoms with Crippen molar-refractivity contribution in [2.45, 2.75) is 37.4 Å². The van der Waals surface area contributed by atoms with Crippen molar-refractivity contribution in [3.05, 3.63) is 0 Å². The van der Waals surface area contributed by atoms with Crippen LogP contribution < -0.4 is 0 Å². The van der Waals surface area contributed by atoms with Crippen LogP contribution in [0.15, 0.2) is 0 Å². The molecule has 0 N–H and O–H groups in total. The molecule has 0 amide bonds. The van der Waals surface area contributed by atoms with E-state index in [0.29, 0.717) is 5.92 Å². The summed E-state index contributed by atoms with van der Waals surface area (Å²) in [5, 5.41) is 0.822. The third kappa shape index (κ3) is 1.68. The molecular weight excluding hydrogens is 168 g/mol. The highest BCUT2D eigenvalue weighted by atomic mass is 32.2. The highest BCUT2D eigenvalue weighted by Crippen LogP contribution is 2.42. The summed E-state index contributed by atoms with van der Waals surface area (Å²) in [6.45, 7) is 0. The van der Waals surface area contributed by atoms with E-state index in [4.69, 9.17) is 0 Å². The first-order valence-electron chi connectivity index (χ1n) is 4.97. The zero-order valence-corrected chi connectivity index (χ0v) is 8.19. The number of aldehydes is 1. The van der Waals surface area contributed by atoms with Gasteiger partial charge in [-0.25, -0.2) is 0 Å². The molecule has 1 saturated carbocycles. The van der Waals surface area contributed by atoms with E-state index < -0.39 is 0 Å². The molecule has 68 valence electrons. The van der Waals surface area contributed by atoms with Gasteiger partial charge in [-0.3, -0.25) is 0 Å². The summed E-state index contributed by atoms with van der Waals surface area (Å²) in [5.41, 5.74) is 0. The van der Waals surface area contributed by atoms with Crippen molar-refractivity contribution in [2.75, 3.05) is 5.75 Å². The van der Waals surface area contributed by atoms with E-state index in [1.54, 1.807) is 0 Å². The normalized spacial score (nSPS) is 41.8. The largest absolute Gasteiger partial charge is 0.303 e. The van der Waals surface area contributed by atoms with Crippen molar-refractivity contribution in [3.8, 4) is 0 Å². The van der Waals surface area contributed by atoms with Crippen LogP contribution in [-0.2, 0) is 4.79 Å². The van der Waals surface area contributed by atoms with Crippen LogP contribution in [0.2, 0.25) is 0 Å². The van der Waals surface area contributed by atoms with Gasteiger partial charge < -0.3 is 4.79 Å². The van der Waals surface area contributed by atoms with Gasteiger partial charge in [0.15, 0.2) is 0 Å². The van der Waals surface area contributed by atoms with Crippen molar-refractivity contribution >= 4 is 18.0 Å². The molecule has 3 unspecified atom stereocenters. The van der Waals surface area contributed by atoms with E-state index in [-0.39, 0.29) is 0 Å². The van der Waals surface area contributed by atoms with Gasteiger partial charge in [0.1, 0.15) is 6.29 Å². The molecular formula is C10H16OS. The smallest absolute Gasteiger partial charge is 0.123 e. The van der Waals surface area contributed by atoms with Gasteiger partial charge in [0.05, 0.1) is 0 Å². The average Bonchev–Trinajstić information content (AvgIpc) is 2.37. The number of fused-ring (bicyclic) bond motifs is 1. The quantitative estimate of drug-likeness (QED) is 0.582. The van der Waals surface area contributed by atoms with Gasteiger partial charge in [-0.2, -0.15) is 11.8 Å². The van der Waals surface area contributed by atoms with E-state index >= 15 is 0 Å². The number of hydrogen-bond donors (Lipinski definition) is 0. The molecule has 3 atom stereocenters. The molecule has 12 heavy (non-hydrogen) atoms. The number of rotatable bonds is 1. The van der Waals surface area contributed by atoms with Crippen LogP contribution in [0.3, 0.4) is 0 Å². The number of thioether (sulfide) groups is 1. The fourth-order valence-corrected chi connectivity index (χ4v) is 4.07. The van der Waals surface area contributed by atoms with Crippen LogP contribution in [0.5, 0.6) is 0 Å². The molecule has 2 rings (SSSR count). The third-order valence-corrected chi connectivity index (χ3v) is 4.69. The maximum atomic E-state index is 10.6. The maximum Gasteiger partial charge on any atom is 0.123 e. The summed E-state index contributed by atoms with van der Waals surface area (Å²) in [4.78, 5) is 10.6. The Morgan fingerprint density at radius 1 is 1.25 bits per heavy atom. The standard InChI is InChI=1S/C10H16OS/c11-7-8-5-9-3-1-2-4-12-10(9)6-8/h7-10H,1-6H2. The van der Waals surface area contributed by atoms with Gasteiger partial charge in [-0.05, 0) is 37.4 Å². The van der Waals surface area contributed by atoms with Crippen LogP contribution >= 0.6 is 11.8 Å². The monoisotopic (exact) mass is 184 g/mol. The molecule has 1 saturated heterocycles. The van der Waals surface area contributed by atoms with Gasteiger partial charge >= 0.3 is 0 Å². The summed E-state index contributed by atoms with van der Waals surface area (Å²) in [7, 11) is 0. The predicted molar refractivity (Wildman–Crippen MR) is 52.4 cm³/mol. The fraction of sp³-hybridized carbons (Fsp3) is 0.900. The van der Waals surface area contributed by atoms with Gasteiger partial charge in [0.2, 0.25) is 0 Å². The Morgan fingerprint density at radius 3 is 3.00 bits per heavy atom. The van der Waals surface area contributed by atoms with Crippen LogP contribution in [0.4, 0.5) is 0 Å². The van der Waals surface area contributed by atoms with E-state index in [1.165, 1.54) is 44.1 Å². The second kappa shape index (κ2) is 3.82. The number of hydrogen-bond acceptors (Lipinski definition) is 2. The molecule has 0 aromatic heterocycles. The molecule has 2 aliphatic rings. The molecule has 0 spiro atoms. The topological polar surface area (TPSA) is 17.1 Å². The molecule has 0 aromatic rings. The highest BCUT2D eigenvalue weighted by Gasteiger charge is 2.34. The predicted octanol–water partition coefficient (Wildman–Crippen LogP) is 2.50. The molecule has 0 radical (unpaired) electrons. The van der Waals surface area contributed by atoms with E-state index in [2.05, 4.69) is 11.8 Å². The number of carbonyl (C=O) groups excluding carboxylic acids is 1. The summed E-state index contributed by atoms with van der Waals surface area (Å²) in [5.74, 6) is 2.59. The minimum absolute atomic E-state index is 0.394. The summed E-state index contributed by atoms with van der Waals surface area (Å²) in [6, 6.07) is 0. The third-order valence-electron chi connectivity index (χ3n) is 3.16. The van der Waals surface area contributed by atoms with Crippen molar-refractivity contribution in [3.63, 3.8) is 0 Å². The Kier molecular flexibility index (Phi) is 2.74. The van der Waals surface area contributed by atoms with Gasteiger partial charge in [0.25, 0.3) is 0 Å². The van der Waals surface area contributed by atoms with Gasteiger partial charge in [-0.15, -0.1) is 0 Å². The van der Waals surface area contributed by atoms with E-state index in [0.717, 1.165) is 11.2 Å². The first-order valence-corrected chi connectivity index (χ1v) is 6.02. The highest BCUT2D eigenvalue weighted by molar-refractivity contribution is 7.99. The molecule has 0 aromatic carbocycles. The average molecular weight is 184 g/mol. The Bertz CT molecular complexity index is 155. The fourth-order valence-electron chi connectivity index (χ4n) is 2.49. The summed E-state index contributed by atoms with van der Waals surface area (Å²) >= 11 is 2.11. The van der Waals surface area contributed by atoms with Crippen molar-refractivity contribution in [1.29, 1.82) is 0 Å². The summed E-state index contributed by atoms with van der Waals surface area (Å²) < 4.78 is 0. The Morgan fingerprint density at radius 2 is 2.17 bits per heavy atom. The zero-order valence-electron chi connectivity index (χ0n) is 7.37. The minimum Gasteiger partial charge on any atom is -0.303 e. The lowest BCUT2D eigenvalue weighted by Crippen LogP contribution is -2.07. The molecule has 1 aliphatic heterocycles. The molecule has 1 heterocycles. The van der Waals surface area contributed by atoms with Gasteiger partial charge in [-0.1, -0.05) is 6.42 Å². The number of carbonyl (C=O) groups is 1. The Balaban J connectivity index is 1.97. The lowest BCUT2D eigenvalue weighted by Gasteiger charge is -2.13. The van der Waals surface area contributed by atoms with Crippen LogP contribution in [-0.4, -0.2) is 17.3 Å². The molecule has 1 aliphatic carbocycles. The molecule has 0 bridgehead atoms. The molecule has 1 nitrogen and oxygen atoms in total. The van der Waals surface area contributed by atoms with Crippen molar-refractivity contribution in [1.82, 2.24) is 0 Å². The minimum atomic E-state index is 0.394. The second-order valence-electron chi connectivity index (χ2n) is 4.03. The lowest BCUT2D eigenvalue weighted by atomic mass is 9.99. The van der Waals surface area contributed by atoms with Crippen LogP contribution in [0.1, 0.15) is 32.1 Å². The maximum absolute atomic E-state index is 10.6.